The second-order valence-corrected chi connectivity index (χ2v) is 6.85. The molecule has 8 nitrogen and oxygen atoms in total. The maximum atomic E-state index is 10.5. The number of aliphatic hydroxyl groups is 2. The molecule has 0 amide bonds. The quantitative estimate of drug-likeness (QED) is 0.607. The highest BCUT2D eigenvalue weighted by Gasteiger charge is 2.45. The molecule has 2 aromatic rings. The van der Waals surface area contributed by atoms with Crippen molar-refractivity contribution in [1.82, 2.24) is 0 Å². The number of hydrogen-bond donors (Lipinski definition) is 4. The van der Waals surface area contributed by atoms with Crippen molar-refractivity contribution in [3.05, 3.63) is 59.7 Å². The maximum Gasteiger partial charge on any atom is 0.184 e. The fourth-order valence-corrected chi connectivity index (χ4v) is 3.28. The molecule has 0 saturated carbocycles. The van der Waals surface area contributed by atoms with Crippen LogP contribution in [0.5, 0.6) is 11.5 Å². The van der Waals surface area contributed by atoms with Crippen LogP contribution in [0.4, 0.5) is 0 Å². The average molecular weight is 390 g/mol. The van der Waals surface area contributed by atoms with Gasteiger partial charge in [-0.2, -0.15) is 0 Å². The van der Waals surface area contributed by atoms with E-state index in [2.05, 4.69) is 0 Å². The molecule has 2 saturated heterocycles. The number of fused-ring (bicyclic) bond motifs is 1. The van der Waals surface area contributed by atoms with Crippen LogP contribution in [0.3, 0.4) is 0 Å². The molecule has 2 heterocycles. The molecule has 0 aliphatic carbocycles. The summed E-state index contributed by atoms with van der Waals surface area (Å²) in [6, 6.07) is 12.7. The Morgan fingerprint density at radius 1 is 0.679 bits per heavy atom. The van der Waals surface area contributed by atoms with E-state index in [1.165, 1.54) is 24.3 Å². The van der Waals surface area contributed by atoms with Gasteiger partial charge in [-0.3, -0.25) is 0 Å². The van der Waals surface area contributed by atoms with Gasteiger partial charge in [0.15, 0.2) is 12.6 Å². The number of rotatable bonds is 2. The zero-order valence-corrected chi connectivity index (χ0v) is 14.9. The lowest BCUT2D eigenvalue weighted by molar-refractivity contribution is -0.182. The zero-order valence-electron chi connectivity index (χ0n) is 14.9. The first-order chi connectivity index (χ1) is 13.5. The second-order valence-electron chi connectivity index (χ2n) is 6.85. The van der Waals surface area contributed by atoms with E-state index in [1.807, 2.05) is 0 Å². The maximum absolute atomic E-state index is 10.5. The predicted molar refractivity (Wildman–Crippen MR) is 95.4 cm³/mol. The average Bonchev–Trinajstić information content (AvgIpc) is 3.13. The molecule has 2 unspecified atom stereocenters. The van der Waals surface area contributed by atoms with E-state index in [4.69, 9.17) is 18.9 Å². The third-order valence-electron chi connectivity index (χ3n) is 4.84. The normalized spacial score (nSPS) is 33.5. The molecule has 150 valence electrons. The summed E-state index contributed by atoms with van der Waals surface area (Å²) in [5, 5.41) is 39.7. The molecule has 0 spiro atoms. The molecule has 8 heteroatoms. The number of phenols is 2. The highest BCUT2D eigenvalue weighted by Crippen LogP contribution is 2.36. The Balaban J connectivity index is 1.53. The molecule has 0 radical (unpaired) electrons. The Kier molecular flexibility index (Phi) is 5.49. The van der Waals surface area contributed by atoms with Crippen LogP contribution < -0.4 is 0 Å². The summed E-state index contributed by atoms with van der Waals surface area (Å²) in [4.78, 5) is 0. The second kappa shape index (κ2) is 8.04. The zero-order chi connectivity index (χ0) is 19.7. The molecule has 4 N–H and O–H groups in total. The van der Waals surface area contributed by atoms with Gasteiger partial charge in [0.25, 0.3) is 0 Å². The first-order valence-corrected chi connectivity index (χ1v) is 8.99. The van der Waals surface area contributed by atoms with Gasteiger partial charge in [0.05, 0.1) is 13.2 Å². The Labute approximate surface area is 161 Å². The van der Waals surface area contributed by atoms with Gasteiger partial charge in [-0.05, 0) is 24.3 Å². The van der Waals surface area contributed by atoms with Crippen molar-refractivity contribution in [3.8, 4) is 11.5 Å². The summed E-state index contributed by atoms with van der Waals surface area (Å²) in [6.45, 7) is -0.0995. The van der Waals surface area contributed by atoms with Crippen LogP contribution in [0.2, 0.25) is 0 Å². The van der Waals surface area contributed by atoms with E-state index < -0.39 is 37.0 Å². The fourth-order valence-electron chi connectivity index (χ4n) is 3.28. The summed E-state index contributed by atoms with van der Waals surface area (Å²) in [7, 11) is 0. The molecule has 2 aliphatic heterocycles. The van der Waals surface area contributed by atoms with Gasteiger partial charge in [0.2, 0.25) is 0 Å². The summed E-state index contributed by atoms with van der Waals surface area (Å²) in [5.41, 5.74) is 1.34. The topological polar surface area (TPSA) is 118 Å². The smallest absolute Gasteiger partial charge is 0.184 e. The lowest BCUT2D eigenvalue weighted by atomic mass is 10.0. The Bertz CT molecular complexity index is 778. The third-order valence-corrected chi connectivity index (χ3v) is 4.84. The van der Waals surface area contributed by atoms with E-state index in [9.17, 15) is 20.4 Å². The molecule has 0 aromatic heterocycles. The number of phenolic OH excluding ortho intramolecular Hbond substituents is 2. The van der Waals surface area contributed by atoms with Crippen molar-refractivity contribution < 1.29 is 39.4 Å². The van der Waals surface area contributed by atoms with Gasteiger partial charge in [0.1, 0.15) is 35.9 Å². The highest BCUT2D eigenvalue weighted by atomic mass is 16.8. The first-order valence-electron chi connectivity index (χ1n) is 8.99. The van der Waals surface area contributed by atoms with Gasteiger partial charge < -0.3 is 39.4 Å². The molecule has 2 aliphatic rings. The molecular weight excluding hydrogens is 368 g/mol. The minimum Gasteiger partial charge on any atom is -0.508 e. The number of aromatic hydroxyl groups is 2. The largest absolute Gasteiger partial charge is 0.508 e. The van der Waals surface area contributed by atoms with Crippen LogP contribution in [0, 0.1) is 0 Å². The molecule has 0 bridgehead atoms. The van der Waals surface area contributed by atoms with E-state index in [-0.39, 0.29) is 24.7 Å². The summed E-state index contributed by atoms with van der Waals surface area (Å²) in [6.07, 6.45) is -5.42. The SMILES string of the molecule is Oc1ccc(C2OC[C@@H](O)[C@H](O)[C@H]3OC(c4ccc(O)cc4)O[C@H]3CO2)cc1. The lowest BCUT2D eigenvalue weighted by Gasteiger charge is -2.23. The minimum absolute atomic E-state index is 0.0641. The number of aliphatic hydroxyl groups excluding tert-OH is 2. The number of hydrogen-bond acceptors (Lipinski definition) is 8. The first kappa shape index (κ1) is 19.1. The van der Waals surface area contributed by atoms with Crippen molar-refractivity contribution in [1.29, 1.82) is 0 Å². The van der Waals surface area contributed by atoms with Crippen LogP contribution in [-0.2, 0) is 18.9 Å². The molecule has 6 atom stereocenters. The van der Waals surface area contributed by atoms with E-state index in [0.717, 1.165) is 0 Å². The van der Waals surface area contributed by atoms with Crippen molar-refractivity contribution in [2.75, 3.05) is 13.2 Å². The van der Waals surface area contributed by atoms with Crippen LogP contribution >= 0.6 is 0 Å². The highest BCUT2D eigenvalue weighted by molar-refractivity contribution is 5.27. The Hall–Kier alpha value is -2.20. The number of benzene rings is 2. The summed E-state index contributed by atoms with van der Waals surface area (Å²) < 4.78 is 23.2. The summed E-state index contributed by atoms with van der Waals surface area (Å²) in [5.74, 6) is 0.239. The molecule has 2 fully saturated rings. The standard InChI is InChI=1S/C20H22O8/c21-13-5-1-11(2-6-13)19-25-9-15(23)17(24)18-16(10-26-19)27-20(28-18)12-3-7-14(22)8-4-12/h1-8,15-24H,9-10H2/t15-,16+,17+,18+,19?,20?/m1/s1. The Morgan fingerprint density at radius 2 is 1.21 bits per heavy atom. The van der Waals surface area contributed by atoms with Gasteiger partial charge >= 0.3 is 0 Å². The van der Waals surface area contributed by atoms with Gasteiger partial charge in [-0.1, -0.05) is 24.3 Å². The lowest BCUT2D eigenvalue weighted by Crippen LogP contribution is -2.45. The molecule has 2 aromatic carbocycles. The van der Waals surface area contributed by atoms with Crippen LogP contribution in [0.25, 0.3) is 0 Å². The van der Waals surface area contributed by atoms with E-state index in [0.29, 0.717) is 11.1 Å². The molecule has 4 rings (SSSR count). The van der Waals surface area contributed by atoms with E-state index >= 15 is 0 Å². The predicted octanol–water partition coefficient (Wildman–Crippen LogP) is 1.35. The van der Waals surface area contributed by atoms with Crippen molar-refractivity contribution in [2.45, 2.75) is 37.0 Å². The summed E-state index contributed by atoms with van der Waals surface area (Å²) >= 11 is 0. The van der Waals surface area contributed by atoms with Gasteiger partial charge in [-0.25, -0.2) is 0 Å². The molecular formula is C20H22O8. The van der Waals surface area contributed by atoms with Crippen LogP contribution in [0.1, 0.15) is 23.7 Å². The molecule has 28 heavy (non-hydrogen) atoms. The van der Waals surface area contributed by atoms with Gasteiger partial charge in [-0.15, -0.1) is 0 Å². The van der Waals surface area contributed by atoms with Crippen LogP contribution in [-0.4, -0.2) is 58.1 Å². The Morgan fingerprint density at radius 3 is 1.82 bits per heavy atom. The van der Waals surface area contributed by atoms with Crippen molar-refractivity contribution in [2.24, 2.45) is 0 Å². The van der Waals surface area contributed by atoms with Crippen molar-refractivity contribution in [3.63, 3.8) is 0 Å². The van der Waals surface area contributed by atoms with Crippen molar-refractivity contribution >= 4 is 0 Å². The van der Waals surface area contributed by atoms with Gasteiger partial charge in [0, 0.05) is 11.1 Å². The minimum atomic E-state index is -1.23. The van der Waals surface area contributed by atoms with Crippen LogP contribution in [0.15, 0.2) is 48.5 Å². The monoisotopic (exact) mass is 390 g/mol. The van der Waals surface area contributed by atoms with E-state index in [1.54, 1.807) is 24.3 Å². The fraction of sp³-hybridized carbons (Fsp3) is 0.400. The third kappa shape index (κ3) is 3.97. The number of ether oxygens (including phenoxy) is 4.